The first-order valence-electron chi connectivity index (χ1n) is 16.6. The predicted octanol–water partition coefficient (Wildman–Crippen LogP) is 7.28. The third-order valence-corrected chi connectivity index (χ3v) is 10.1. The number of carbonyl (C=O) groups excluding carboxylic acids is 1. The van der Waals surface area contributed by atoms with Crippen molar-refractivity contribution >= 4 is 28.2 Å². The van der Waals surface area contributed by atoms with E-state index < -0.39 is 10.0 Å². The Balaban J connectivity index is 1.90. The van der Waals surface area contributed by atoms with Crippen molar-refractivity contribution < 1.29 is 17.9 Å². The van der Waals surface area contributed by atoms with Gasteiger partial charge in [0.25, 0.3) is 15.9 Å². The Kier molecular flexibility index (Phi) is 12.0. The predicted molar refractivity (Wildman–Crippen MR) is 197 cm³/mol. The van der Waals surface area contributed by atoms with Crippen molar-refractivity contribution in [2.24, 2.45) is 16.3 Å². The van der Waals surface area contributed by atoms with E-state index in [4.69, 9.17) is 4.74 Å². The Labute approximate surface area is 292 Å². The highest BCUT2D eigenvalue weighted by Gasteiger charge is 2.34. The standard InChI is InChI=1S/C38H50N6O4S/c1-10-12-17-30(28(5)43(9)25-39-11-2)23-44-31(22-38(6,7)8)24-48-34-21-33(35-26(3)15-13-16-27(35)4)40-37(41-34)42-49(46,47)32-19-14-18-29(20-32)36(44)45/h10-16,18-21,25,28,30-31H,2,17,22-24H2,1,3-9H3,(H,40,41,42)/b12-10-,39-25?/t28?,30-,31-/m1/s1. The van der Waals surface area contributed by atoms with E-state index in [2.05, 4.69) is 60.0 Å². The molecule has 3 atom stereocenters. The Morgan fingerprint density at radius 1 is 1.14 bits per heavy atom. The first-order valence-corrected chi connectivity index (χ1v) is 18.1. The van der Waals surface area contributed by atoms with E-state index in [0.29, 0.717) is 25.1 Å². The van der Waals surface area contributed by atoms with Crippen LogP contribution in [0.1, 0.15) is 68.9 Å². The largest absolute Gasteiger partial charge is 0.475 e. The summed E-state index contributed by atoms with van der Waals surface area (Å²) in [6.07, 6.45) is 8.68. The molecule has 1 aliphatic rings. The molecule has 262 valence electrons. The number of rotatable bonds is 10. The van der Waals surface area contributed by atoms with Crippen molar-refractivity contribution in [3.8, 4) is 17.1 Å². The van der Waals surface area contributed by atoms with Gasteiger partial charge < -0.3 is 14.5 Å². The number of nitrogens with one attached hydrogen (secondary N) is 1. The van der Waals surface area contributed by atoms with E-state index in [-0.39, 0.29) is 58.2 Å². The molecule has 0 saturated carbocycles. The normalized spacial score (nSPS) is 17.8. The number of hydrogen-bond donors (Lipinski definition) is 1. The lowest BCUT2D eigenvalue weighted by molar-refractivity contribution is 0.0452. The summed E-state index contributed by atoms with van der Waals surface area (Å²) < 4.78 is 36.5. The van der Waals surface area contributed by atoms with Crippen molar-refractivity contribution in [1.29, 1.82) is 0 Å². The molecule has 4 rings (SSSR count). The van der Waals surface area contributed by atoms with E-state index in [1.807, 2.05) is 61.9 Å². The number of nitrogens with zero attached hydrogens (tertiary/aromatic N) is 5. The number of benzene rings is 2. The molecule has 4 bridgehead atoms. The highest BCUT2D eigenvalue weighted by Crippen LogP contribution is 2.32. The van der Waals surface area contributed by atoms with Crippen molar-refractivity contribution in [3.05, 3.63) is 90.2 Å². The highest BCUT2D eigenvalue weighted by atomic mass is 32.2. The molecule has 0 fully saturated rings. The quantitative estimate of drug-likeness (QED) is 0.135. The second kappa shape index (κ2) is 15.8. The summed E-state index contributed by atoms with van der Waals surface area (Å²) in [6, 6.07) is 13.4. The van der Waals surface area contributed by atoms with E-state index in [1.165, 1.54) is 18.3 Å². The maximum Gasteiger partial charge on any atom is 0.264 e. The topological polar surface area (TPSA) is 117 Å². The van der Waals surface area contributed by atoms with E-state index in [1.54, 1.807) is 24.5 Å². The third-order valence-electron chi connectivity index (χ3n) is 8.81. The number of aliphatic imine (C=N–C) groups is 1. The molecular formula is C38H50N6O4S. The van der Waals surface area contributed by atoms with Gasteiger partial charge in [0, 0.05) is 48.9 Å². The molecule has 11 heteroatoms. The summed E-state index contributed by atoms with van der Waals surface area (Å²) in [5.41, 5.74) is 3.46. The molecule has 3 aromatic rings. The maximum atomic E-state index is 14.7. The van der Waals surface area contributed by atoms with Gasteiger partial charge >= 0.3 is 0 Å². The van der Waals surface area contributed by atoms with Crippen molar-refractivity contribution in [1.82, 2.24) is 19.8 Å². The minimum Gasteiger partial charge on any atom is -0.475 e. The first kappa shape index (κ1) is 37.3. The summed E-state index contributed by atoms with van der Waals surface area (Å²) in [7, 11) is -2.21. The summed E-state index contributed by atoms with van der Waals surface area (Å²) in [5.74, 6) is -0.181. The molecule has 10 nitrogen and oxygen atoms in total. The van der Waals surface area contributed by atoms with E-state index in [9.17, 15) is 13.2 Å². The smallest absolute Gasteiger partial charge is 0.264 e. The summed E-state index contributed by atoms with van der Waals surface area (Å²) in [6.45, 7) is 18.7. The van der Waals surface area contributed by atoms with E-state index >= 15 is 0 Å². The van der Waals surface area contributed by atoms with Crippen LogP contribution >= 0.6 is 0 Å². The average molecular weight is 687 g/mol. The molecule has 2 aromatic carbocycles. The van der Waals surface area contributed by atoms with Crippen LogP contribution in [0.3, 0.4) is 0 Å². The molecule has 0 saturated heterocycles. The van der Waals surface area contributed by atoms with Gasteiger partial charge in [-0.15, -0.1) is 0 Å². The van der Waals surface area contributed by atoms with Crippen LogP contribution in [-0.2, 0) is 10.0 Å². The molecule has 1 aromatic heterocycles. The fourth-order valence-corrected chi connectivity index (χ4v) is 7.14. The van der Waals surface area contributed by atoms with Gasteiger partial charge in [0.15, 0.2) is 0 Å². The number of anilines is 1. The average Bonchev–Trinajstić information content (AvgIpc) is 3.04. The molecule has 0 aliphatic carbocycles. The summed E-state index contributed by atoms with van der Waals surface area (Å²) in [4.78, 5) is 31.8. The molecule has 2 heterocycles. The molecule has 1 aliphatic heterocycles. The Hall–Kier alpha value is -4.51. The zero-order valence-electron chi connectivity index (χ0n) is 30.0. The van der Waals surface area contributed by atoms with Crippen molar-refractivity contribution in [2.45, 2.75) is 78.3 Å². The molecule has 1 unspecified atom stereocenters. The van der Waals surface area contributed by atoms with Gasteiger partial charge in [-0.05, 0) is 75.3 Å². The molecule has 1 amide bonds. The van der Waals surface area contributed by atoms with Crippen molar-refractivity contribution in [2.75, 3.05) is 24.9 Å². The number of aromatic nitrogens is 2. The molecular weight excluding hydrogens is 637 g/mol. The van der Waals surface area contributed by atoms with Crippen LogP contribution in [0.15, 0.2) is 83.3 Å². The van der Waals surface area contributed by atoms with Crippen LogP contribution in [0, 0.1) is 25.2 Å². The van der Waals surface area contributed by atoms with Crippen LogP contribution < -0.4 is 9.46 Å². The maximum absolute atomic E-state index is 14.7. The van der Waals surface area contributed by atoms with Gasteiger partial charge in [0.2, 0.25) is 11.8 Å². The van der Waals surface area contributed by atoms with Gasteiger partial charge in [0.05, 0.1) is 23.0 Å². The summed E-state index contributed by atoms with van der Waals surface area (Å²) >= 11 is 0. The fraction of sp³-hybridized carbons (Fsp3) is 0.421. The van der Waals surface area contributed by atoms with Gasteiger partial charge in [-0.1, -0.05) is 63.8 Å². The number of amides is 1. The number of carbonyl (C=O) groups is 1. The van der Waals surface area contributed by atoms with Crippen LogP contribution in [0.2, 0.25) is 0 Å². The van der Waals surface area contributed by atoms with Crippen LogP contribution in [-0.4, -0.2) is 72.7 Å². The lowest BCUT2D eigenvalue weighted by Crippen LogP contribution is -2.50. The zero-order chi connectivity index (χ0) is 35.9. The number of aryl methyl sites for hydroxylation is 2. The lowest BCUT2D eigenvalue weighted by atomic mass is 9.86. The molecule has 49 heavy (non-hydrogen) atoms. The van der Waals surface area contributed by atoms with Crippen molar-refractivity contribution in [3.63, 3.8) is 0 Å². The second-order valence-electron chi connectivity index (χ2n) is 13.9. The van der Waals surface area contributed by atoms with Gasteiger partial charge in [0.1, 0.15) is 6.61 Å². The number of hydrogen-bond acceptors (Lipinski definition) is 7. The minimum atomic E-state index is -4.17. The number of ether oxygens (including phenoxy) is 1. The lowest BCUT2D eigenvalue weighted by Gasteiger charge is -2.40. The number of fused-ring (bicyclic) bond motifs is 4. The summed E-state index contributed by atoms with van der Waals surface area (Å²) in [5, 5.41) is 0. The molecule has 0 radical (unpaired) electrons. The number of allylic oxidation sites excluding steroid dienone is 2. The number of sulfonamides is 1. The second-order valence-corrected chi connectivity index (χ2v) is 15.6. The minimum absolute atomic E-state index is 0.00515. The van der Waals surface area contributed by atoms with Gasteiger partial charge in [-0.25, -0.2) is 23.1 Å². The molecule has 0 spiro atoms. The highest BCUT2D eigenvalue weighted by molar-refractivity contribution is 7.92. The van der Waals surface area contributed by atoms with E-state index in [0.717, 1.165) is 16.7 Å². The Morgan fingerprint density at radius 2 is 1.84 bits per heavy atom. The SMILES string of the molecule is C=CN=CN(C)C(C)[C@H](C/C=C\C)CN1C(=O)c2cccc(c2)S(=O)(=O)Nc2nc(cc(-c3c(C)cccc3C)n2)OC[C@H]1CC(C)(C)C. The molecule has 1 N–H and O–H groups in total. The van der Waals surface area contributed by atoms with Crippen LogP contribution in [0.25, 0.3) is 11.3 Å². The third kappa shape index (κ3) is 9.56. The Bertz CT molecular complexity index is 1790. The first-order chi connectivity index (χ1) is 23.1. The van der Waals surface area contributed by atoms with Crippen LogP contribution in [0.4, 0.5) is 5.95 Å². The zero-order valence-corrected chi connectivity index (χ0v) is 30.8. The Morgan fingerprint density at radius 3 is 2.49 bits per heavy atom. The van der Waals surface area contributed by atoms with Gasteiger partial charge in [-0.3, -0.25) is 4.79 Å². The van der Waals surface area contributed by atoms with Gasteiger partial charge in [-0.2, -0.15) is 4.98 Å². The van der Waals surface area contributed by atoms with Crippen LogP contribution in [0.5, 0.6) is 5.88 Å². The monoisotopic (exact) mass is 686 g/mol. The fourth-order valence-electron chi connectivity index (χ4n) is 6.16.